The van der Waals surface area contributed by atoms with Crippen LogP contribution in [0.15, 0.2) is 0 Å². The predicted molar refractivity (Wildman–Crippen MR) is 84.5 cm³/mol. The number of nitrogens with one attached hydrogen (secondary N) is 1. The number of hydrogen-bond donors (Lipinski definition) is 1. The summed E-state index contributed by atoms with van der Waals surface area (Å²) in [5, 5.41) is 3.48. The Hall–Kier alpha value is -0.870. The summed E-state index contributed by atoms with van der Waals surface area (Å²) in [6.45, 7) is 9.41. The first-order valence-corrected chi connectivity index (χ1v) is 8.86. The van der Waals surface area contributed by atoms with Gasteiger partial charge in [-0.15, -0.1) is 0 Å². The Labute approximate surface area is 127 Å². The summed E-state index contributed by atoms with van der Waals surface area (Å²) in [7, 11) is 0. The molecule has 116 valence electrons. The van der Waals surface area contributed by atoms with Crippen molar-refractivity contribution < 1.29 is 0 Å². The Morgan fingerprint density at radius 2 is 2.00 bits per heavy atom. The van der Waals surface area contributed by atoms with E-state index in [0.717, 1.165) is 24.9 Å². The fourth-order valence-corrected chi connectivity index (χ4v) is 3.99. The van der Waals surface area contributed by atoms with Gasteiger partial charge in [0.25, 0.3) is 0 Å². The molecule has 1 aromatic heterocycles. The Morgan fingerprint density at radius 1 is 1.19 bits per heavy atom. The van der Waals surface area contributed by atoms with Gasteiger partial charge >= 0.3 is 0 Å². The van der Waals surface area contributed by atoms with E-state index in [1.54, 1.807) is 5.69 Å². The second-order valence-corrected chi connectivity index (χ2v) is 7.05. The van der Waals surface area contributed by atoms with Crippen LogP contribution in [0.4, 0.5) is 0 Å². The lowest BCUT2D eigenvalue weighted by Gasteiger charge is -2.32. The van der Waals surface area contributed by atoms with E-state index < -0.39 is 0 Å². The summed E-state index contributed by atoms with van der Waals surface area (Å²) in [6, 6.07) is 0. The monoisotopic (exact) mass is 288 g/mol. The third-order valence-corrected chi connectivity index (χ3v) is 5.55. The van der Waals surface area contributed by atoms with Crippen molar-refractivity contribution >= 4 is 0 Å². The van der Waals surface area contributed by atoms with Gasteiger partial charge in [-0.2, -0.15) is 0 Å². The zero-order chi connectivity index (χ0) is 14.2. The van der Waals surface area contributed by atoms with Gasteiger partial charge in [-0.1, -0.05) is 6.92 Å². The lowest BCUT2D eigenvalue weighted by molar-refractivity contribution is 0.179. The molecule has 1 aliphatic carbocycles. The van der Waals surface area contributed by atoms with Crippen LogP contribution >= 0.6 is 0 Å². The van der Waals surface area contributed by atoms with Crippen LogP contribution in [0.3, 0.4) is 0 Å². The van der Waals surface area contributed by atoms with Gasteiger partial charge in [0.05, 0.1) is 5.69 Å². The van der Waals surface area contributed by atoms with Gasteiger partial charge in [0, 0.05) is 37.7 Å². The molecular weight excluding hydrogens is 260 g/mol. The van der Waals surface area contributed by atoms with Crippen molar-refractivity contribution in [3.63, 3.8) is 0 Å². The molecule has 3 aliphatic rings. The van der Waals surface area contributed by atoms with Crippen LogP contribution in [0.5, 0.6) is 0 Å². The Bertz CT molecular complexity index is 495. The number of imidazole rings is 1. The minimum absolute atomic E-state index is 0.770. The first-order chi connectivity index (χ1) is 10.3. The number of hydrogen-bond acceptors (Lipinski definition) is 3. The summed E-state index contributed by atoms with van der Waals surface area (Å²) in [4.78, 5) is 7.59. The molecule has 1 aromatic rings. The highest BCUT2D eigenvalue weighted by atomic mass is 15.1. The molecule has 0 aromatic carbocycles. The van der Waals surface area contributed by atoms with Crippen molar-refractivity contribution in [1.29, 1.82) is 0 Å². The van der Waals surface area contributed by atoms with Crippen molar-refractivity contribution in [2.24, 2.45) is 5.92 Å². The highest BCUT2D eigenvalue weighted by Gasteiger charge is 2.32. The molecule has 4 heteroatoms. The second-order valence-electron chi connectivity index (χ2n) is 7.05. The van der Waals surface area contributed by atoms with E-state index in [4.69, 9.17) is 4.98 Å². The maximum Gasteiger partial charge on any atom is 0.112 e. The van der Waals surface area contributed by atoms with Crippen molar-refractivity contribution in [3.8, 4) is 0 Å². The minimum Gasteiger partial charge on any atom is -0.331 e. The molecular formula is C17H28N4. The average Bonchev–Trinajstić information content (AvgIpc) is 3.32. The number of aromatic nitrogens is 2. The predicted octanol–water partition coefficient (Wildman–Crippen LogP) is 2.14. The average molecular weight is 288 g/mol. The molecule has 0 spiro atoms. The Morgan fingerprint density at radius 3 is 2.71 bits per heavy atom. The van der Waals surface area contributed by atoms with E-state index in [9.17, 15) is 0 Å². The van der Waals surface area contributed by atoms with Gasteiger partial charge in [0.15, 0.2) is 0 Å². The highest BCUT2D eigenvalue weighted by molar-refractivity contribution is 5.24. The molecule has 1 saturated heterocycles. The van der Waals surface area contributed by atoms with E-state index in [1.807, 2.05) is 0 Å². The summed E-state index contributed by atoms with van der Waals surface area (Å²) < 4.78 is 2.64. The molecule has 3 heterocycles. The summed E-state index contributed by atoms with van der Waals surface area (Å²) >= 11 is 0. The third kappa shape index (κ3) is 2.76. The van der Waals surface area contributed by atoms with Gasteiger partial charge in [-0.25, -0.2) is 4.98 Å². The van der Waals surface area contributed by atoms with E-state index in [1.165, 1.54) is 69.8 Å². The zero-order valence-corrected chi connectivity index (χ0v) is 13.3. The summed E-state index contributed by atoms with van der Waals surface area (Å²) in [5.41, 5.74) is 2.89. The van der Waals surface area contributed by atoms with Crippen molar-refractivity contribution in [2.75, 3.05) is 26.2 Å². The quantitative estimate of drug-likeness (QED) is 0.921. The second kappa shape index (κ2) is 5.73. The fourth-order valence-electron chi connectivity index (χ4n) is 3.99. The normalized spacial score (nSPS) is 24.2. The molecule has 0 bridgehead atoms. The largest absolute Gasteiger partial charge is 0.331 e. The van der Waals surface area contributed by atoms with Crippen LogP contribution in [0.1, 0.15) is 55.7 Å². The molecule has 0 radical (unpaired) electrons. The van der Waals surface area contributed by atoms with Crippen molar-refractivity contribution in [3.05, 3.63) is 17.2 Å². The molecule has 0 amide bonds. The molecule has 1 saturated carbocycles. The Kier molecular flexibility index (Phi) is 3.76. The maximum atomic E-state index is 5.00. The zero-order valence-electron chi connectivity index (χ0n) is 13.3. The van der Waals surface area contributed by atoms with Crippen LogP contribution in [-0.2, 0) is 19.5 Å². The van der Waals surface area contributed by atoms with Crippen LogP contribution in [0, 0.1) is 5.92 Å². The van der Waals surface area contributed by atoms with E-state index in [-0.39, 0.29) is 0 Å². The third-order valence-electron chi connectivity index (χ3n) is 5.55. The number of likely N-dealkylation sites (tertiary alicyclic amines) is 1. The molecule has 4 rings (SSSR count). The molecule has 1 N–H and O–H groups in total. The van der Waals surface area contributed by atoms with Crippen molar-refractivity contribution in [1.82, 2.24) is 19.8 Å². The topological polar surface area (TPSA) is 33.1 Å². The fraction of sp³-hybridized carbons (Fsp3) is 0.824. The molecule has 2 fully saturated rings. The van der Waals surface area contributed by atoms with Gasteiger partial charge in [-0.05, 0) is 51.2 Å². The molecule has 0 unspecified atom stereocenters. The van der Waals surface area contributed by atoms with E-state index in [0.29, 0.717) is 0 Å². The number of nitrogens with zero attached hydrogens (tertiary/aromatic N) is 3. The molecule has 21 heavy (non-hydrogen) atoms. The van der Waals surface area contributed by atoms with Crippen LogP contribution in [0.2, 0.25) is 0 Å². The van der Waals surface area contributed by atoms with Gasteiger partial charge in [0.2, 0.25) is 0 Å². The van der Waals surface area contributed by atoms with Gasteiger partial charge in [0.1, 0.15) is 5.82 Å². The molecule has 4 nitrogen and oxygen atoms in total. The maximum absolute atomic E-state index is 5.00. The first kappa shape index (κ1) is 13.8. The van der Waals surface area contributed by atoms with Crippen LogP contribution in [-0.4, -0.2) is 40.6 Å². The highest BCUT2D eigenvalue weighted by Crippen LogP contribution is 2.41. The smallest absolute Gasteiger partial charge is 0.112 e. The van der Waals surface area contributed by atoms with E-state index in [2.05, 4.69) is 21.7 Å². The molecule has 2 aliphatic heterocycles. The van der Waals surface area contributed by atoms with Crippen LogP contribution < -0.4 is 5.32 Å². The first-order valence-electron chi connectivity index (χ1n) is 8.86. The SMILES string of the molecule is CCN1CCC(Cn2c(C3CC3)nc3c2CCNC3)CC1. The van der Waals surface area contributed by atoms with Gasteiger partial charge < -0.3 is 14.8 Å². The lowest BCUT2D eigenvalue weighted by atomic mass is 9.96. The summed E-state index contributed by atoms with van der Waals surface area (Å²) in [5.74, 6) is 3.05. The number of piperidine rings is 1. The minimum atomic E-state index is 0.770. The van der Waals surface area contributed by atoms with E-state index >= 15 is 0 Å². The lowest BCUT2D eigenvalue weighted by Crippen LogP contribution is -2.35. The Balaban J connectivity index is 1.52. The standard InChI is InChI=1S/C17H28N4/c1-2-20-9-6-13(7-10-20)12-21-16-5-8-18-11-15(16)19-17(21)14-3-4-14/h13-14,18H,2-12H2,1H3. The molecule has 0 atom stereocenters. The van der Waals surface area contributed by atoms with Crippen molar-refractivity contribution in [2.45, 2.75) is 58.0 Å². The number of rotatable bonds is 4. The summed E-state index contributed by atoms with van der Waals surface area (Å²) in [6.07, 6.45) is 6.62. The van der Waals surface area contributed by atoms with Crippen LogP contribution in [0.25, 0.3) is 0 Å². The number of fused-ring (bicyclic) bond motifs is 1. The van der Waals surface area contributed by atoms with Gasteiger partial charge in [-0.3, -0.25) is 0 Å².